The molecule has 0 aromatic carbocycles. The molecule has 100 valence electrons. The van der Waals surface area contributed by atoms with E-state index in [9.17, 15) is 0 Å². The lowest BCUT2D eigenvalue weighted by atomic mass is 10.2. The molecule has 0 fully saturated rings. The Morgan fingerprint density at radius 2 is 2.17 bits per heavy atom. The summed E-state index contributed by atoms with van der Waals surface area (Å²) < 4.78 is 12.7. The summed E-state index contributed by atoms with van der Waals surface area (Å²) in [5, 5.41) is 9.10. The van der Waals surface area contributed by atoms with Gasteiger partial charge in [-0.2, -0.15) is 5.26 Å². The Bertz CT molecular complexity index is 421. The quantitative estimate of drug-likeness (QED) is 0.755. The van der Waals surface area contributed by atoms with Gasteiger partial charge in [0.1, 0.15) is 18.4 Å². The zero-order valence-corrected chi connectivity index (χ0v) is 11.3. The Morgan fingerprint density at radius 1 is 1.44 bits per heavy atom. The maximum Gasteiger partial charge on any atom is 0.218 e. The number of ether oxygens (including phenoxy) is 2. The van der Waals surface area contributed by atoms with E-state index in [1.165, 1.54) is 0 Å². The number of hydrogen-bond donors (Lipinski definition) is 1. The third-order valence-electron chi connectivity index (χ3n) is 2.83. The SMILES string of the molecule is CCOCCOc1c(N)cc(C#N)n1[C@@H](C)CC. The number of nitrogens with zero attached hydrogens (tertiary/aromatic N) is 2. The molecule has 0 unspecified atom stereocenters. The molecule has 1 rings (SSSR count). The van der Waals surface area contributed by atoms with Crippen LogP contribution in [0.2, 0.25) is 0 Å². The van der Waals surface area contributed by atoms with E-state index in [0.29, 0.717) is 37.1 Å². The first kappa shape index (κ1) is 14.4. The number of anilines is 1. The normalized spacial score (nSPS) is 12.1. The van der Waals surface area contributed by atoms with Gasteiger partial charge in [-0.15, -0.1) is 0 Å². The fourth-order valence-corrected chi connectivity index (χ4v) is 1.73. The summed E-state index contributed by atoms with van der Waals surface area (Å²) in [5.41, 5.74) is 6.93. The van der Waals surface area contributed by atoms with Gasteiger partial charge in [0.2, 0.25) is 5.88 Å². The maximum absolute atomic E-state index is 9.10. The minimum Gasteiger partial charge on any atom is -0.475 e. The number of nitrogen functional groups attached to an aromatic ring is 1. The van der Waals surface area contributed by atoms with Crippen LogP contribution in [0.15, 0.2) is 6.07 Å². The Hall–Kier alpha value is -1.67. The molecular formula is C13H21N3O2. The van der Waals surface area contributed by atoms with Gasteiger partial charge in [0, 0.05) is 18.7 Å². The molecule has 0 aliphatic carbocycles. The molecule has 0 radical (unpaired) electrons. The first-order chi connectivity index (χ1) is 8.65. The summed E-state index contributed by atoms with van der Waals surface area (Å²) in [5.74, 6) is 0.570. The predicted molar refractivity (Wildman–Crippen MR) is 70.5 cm³/mol. The van der Waals surface area contributed by atoms with Crippen molar-refractivity contribution in [2.45, 2.75) is 33.2 Å². The monoisotopic (exact) mass is 251 g/mol. The van der Waals surface area contributed by atoms with Crippen LogP contribution in [0.3, 0.4) is 0 Å². The molecular weight excluding hydrogens is 230 g/mol. The van der Waals surface area contributed by atoms with Crippen molar-refractivity contribution in [2.75, 3.05) is 25.6 Å². The molecule has 1 aromatic rings. The van der Waals surface area contributed by atoms with Gasteiger partial charge in [0.25, 0.3) is 0 Å². The lowest BCUT2D eigenvalue weighted by molar-refractivity contribution is 0.106. The van der Waals surface area contributed by atoms with Gasteiger partial charge in [0.05, 0.1) is 12.3 Å². The molecule has 5 nitrogen and oxygen atoms in total. The van der Waals surface area contributed by atoms with E-state index in [1.807, 2.05) is 18.4 Å². The molecule has 2 N–H and O–H groups in total. The van der Waals surface area contributed by atoms with E-state index in [-0.39, 0.29) is 6.04 Å². The Kier molecular flexibility index (Phi) is 5.53. The highest BCUT2D eigenvalue weighted by Crippen LogP contribution is 2.31. The molecule has 0 saturated heterocycles. The molecule has 0 aliphatic rings. The number of aromatic nitrogens is 1. The van der Waals surface area contributed by atoms with Gasteiger partial charge in [-0.3, -0.25) is 4.57 Å². The van der Waals surface area contributed by atoms with Gasteiger partial charge in [-0.05, 0) is 20.3 Å². The second-order valence-corrected chi connectivity index (χ2v) is 4.07. The summed E-state index contributed by atoms with van der Waals surface area (Å²) in [4.78, 5) is 0. The van der Waals surface area contributed by atoms with Crippen molar-refractivity contribution < 1.29 is 9.47 Å². The van der Waals surface area contributed by atoms with Crippen molar-refractivity contribution in [3.8, 4) is 11.9 Å². The van der Waals surface area contributed by atoms with Gasteiger partial charge >= 0.3 is 0 Å². The van der Waals surface area contributed by atoms with Crippen molar-refractivity contribution in [3.05, 3.63) is 11.8 Å². The maximum atomic E-state index is 9.10. The van der Waals surface area contributed by atoms with Gasteiger partial charge < -0.3 is 15.2 Å². The van der Waals surface area contributed by atoms with E-state index in [0.717, 1.165) is 6.42 Å². The van der Waals surface area contributed by atoms with Crippen LogP contribution < -0.4 is 10.5 Å². The molecule has 1 atom stereocenters. The first-order valence-electron chi connectivity index (χ1n) is 6.27. The van der Waals surface area contributed by atoms with Crippen molar-refractivity contribution in [2.24, 2.45) is 0 Å². The molecule has 1 aromatic heterocycles. The zero-order valence-electron chi connectivity index (χ0n) is 11.3. The average molecular weight is 251 g/mol. The van der Waals surface area contributed by atoms with Crippen LogP contribution in [0.5, 0.6) is 5.88 Å². The second-order valence-electron chi connectivity index (χ2n) is 4.07. The minimum atomic E-state index is 0.180. The fourth-order valence-electron chi connectivity index (χ4n) is 1.73. The summed E-state index contributed by atoms with van der Waals surface area (Å²) in [6.45, 7) is 7.65. The molecule has 0 aliphatic heterocycles. The second kappa shape index (κ2) is 6.92. The molecule has 18 heavy (non-hydrogen) atoms. The van der Waals surface area contributed by atoms with E-state index in [2.05, 4.69) is 13.0 Å². The van der Waals surface area contributed by atoms with Crippen molar-refractivity contribution in [3.63, 3.8) is 0 Å². The predicted octanol–water partition coefficient (Wildman–Crippen LogP) is 2.33. The third-order valence-corrected chi connectivity index (χ3v) is 2.83. The van der Waals surface area contributed by atoms with Crippen LogP contribution in [-0.4, -0.2) is 24.4 Å². The van der Waals surface area contributed by atoms with Crippen LogP contribution in [-0.2, 0) is 4.74 Å². The minimum absolute atomic E-state index is 0.180. The summed E-state index contributed by atoms with van der Waals surface area (Å²) >= 11 is 0. The number of rotatable bonds is 7. The van der Waals surface area contributed by atoms with Crippen molar-refractivity contribution in [1.29, 1.82) is 5.26 Å². The van der Waals surface area contributed by atoms with E-state index >= 15 is 0 Å². The highest BCUT2D eigenvalue weighted by Gasteiger charge is 2.18. The van der Waals surface area contributed by atoms with E-state index in [4.69, 9.17) is 20.5 Å². The molecule has 0 saturated carbocycles. The van der Waals surface area contributed by atoms with Crippen LogP contribution in [0.25, 0.3) is 0 Å². The Balaban J connectivity index is 2.88. The smallest absolute Gasteiger partial charge is 0.218 e. The topological polar surface area (TPSA) is 73.2 Å². The van der Waals surface area contributed by atoms with Crippen molar-refractivity contribution in [1.82, 2.24) is 4.57 Å². The summed E-state index contributed by atoms with van der Waals surface area (Å²) in [6, 6.07) is 3.98. The Morgan fingerprint density at radius 3 is 2.72 bits per heavy atom. The van der Waals surface area contributed by atoms with Crippen LogP contribution >= 0.6 is 0 Å². The van der Waals surface area contributed by atoms with Crippen molar-refractivity contribution >= 4 is 5.69 Å². The largest absolute Gasteiger partial charge is 0.475 e. The molecule has 0 bridgehead atoms. The summed E-state index contributed by atoms with van der Waals surface area (Å²) in [7, 11) is 0. The lowest BCUT2D eigenvalue weighted by Crippen LogP contribution is -2.13. The van der Waals surface area contributed by atoms with E-state index < -0.39 is 0 Å². The molecule has 0 spiro atoms. The highest BCUT2D eigenvalue weighted by atomic mass is 16.5. The van der Waals surface area contributed by atoms with Gasteiger partial charge in [-0.25, -0.2) is 0 Å². The molecule has 0 amide bonds. The zero-order chi connectivity index (χ0) is 13.5. The number of nitriles is 1. The van der Waals surface area contributed by atoms with Crippen LogP contribution in [0, 0.1) is 11.3 Å². The molecule has 5 heteroatoms. The standard InChI is InChI=1S/C13H21N3O2/c1-4-10(3)16-11(9-14)8-12(15)13(16)18-7-6-17-5-2/h8,10H,4-7,15H2,1-3H3/t10-/m0/s1. The highest BCUT2D eigenvalue weighted by molar-refractivity contribution is 5.55. The Labute approximate surface area is 108 Å². The van der Waals surface area contributed by atoms with Gasteiger partial charge in [-0.1, -0.05) is 6.92 Å². The molecule has 1 heterocycles. The van der Waals surface area contributed by atoms with Gasteiger partial charge in [0.15, 0.2) is 0 Å². The number of hydrogen-bond acceptors (Lipinski definition) is 4. The van der Waals surface area contributed by atoms with E-state index in [1.54, 1.807) is 6.07 Å². The van der Waals surface area contributed by atoms with Crippen LogP contribution in [0.1, 0.15) is 38.9 Å². The first-order valence-corrected chi connectivity index (χ1v) is 6.27. The fraction of sp³-hybridized carbons (Fsp3) is 0.615. The third kappa shape index (κ3) is 3.17. The summed E-state index contributed by atoms with van der Waals surface area (Å²) in [6.07, 6.45) is 0.907. The lowest BCUT2D eigenvalue weighted by Gasteiger charge is -2.17. The number of nitrogens with two attached hydrogens (primary N) is 1. The average Bonchev–Trinajstić information content (AvgIpc) is 2.70. The van der Waals surface area contributed by atoms with Crippen LogP contribution in [0.4, 0.5) is 5.69 Å².